The van der Waals surface area contributed by atoms with Crippen LogP contribution in [0.15, 0.2) is 47.5 Å². The van der Waals surface area contributed by atoms with Crippen LogP contribution >= 0.6 is 0 Å². The number of amidine groups is 1. The Kier molecular flexibility index (Phi) is 4.37. The number of fused-ring (bicyclic) bond motifs is 2. The Labute approximate surface area is 163 Å². The van der Waals surface area contributed by atoms with E-state index in [2.05, 4.69) is 5.32 Å². The lowest BCUT2D eigenvalue weighted by Crippen LogP contribution is -2.58. The Balaban J connectivity index is 1.94. The smallest absolute Gasteiger partial charge is 0.342 e. The van der Waals surface area contributed by atoms with Crippen molar-refractivity contribution < 1.29 is 19.4 Å². The molecule has 0 fully saturated rings. The first-order valence-corrected chi connectivity index (χ1v) is 9.26. The summed E-state index contributed by atoms with van der Waals surface area (Å²) in [6.45, 7) is 4.91. The van der Waals surface area contributed by atoms with E-state index in [9.17, 15) is 9.90 Å². The van der Waals surface area contributed by atoms with Crippen molar-refractivity contribution in [3.63, 3.8) is 0 Å². The van der Waals surface area contributed by atoms with Crippen LogP contribution in [0, 0.1) is 0 Å². The van der Waals surface area contributed by atoms with E-state index in [1.807, 2.05) is 50.1 Å². The first-order valence-electron chi connectivity index (χ1n) is 9.26. The lowest BCUT2D eigenvalue weighted by Gasteiger charge is -2.42. The summed E-state index contributed by atoms with van der Waals surface area (Å²) in [6.07, 6.45) is 0. The lowest BCUT2D eigenvalue weighted by molar-refractivity contribution is -0.140. The zero-order valence-electron chi connectivity index (χ0n) is 16.1. The Morgan fingerprint density at radius 1 is 1.18 bits per heavy atom. The van der Waals surface area contributed by atoms with Crippen molar-refractivity contribution in [1.82, 2.24) is 4.90 Å². The van der Waals surface area contributed by atoms with Gasteiger partial charge in [-0.1, -0.05) is 18.2 Å². The topological polar surface area (TPSA) is 83.4 Å². The van der Waals surface area contributed by atoms with Crippen LogP contribution in [0.1, 0.15) is 19.4 Å². The second-order valence-corrected chi connectivity index (χ2v) is 7.20. The van der Waals surface area contributed by atoms with Crippen molar-refractivity contribution in [2.75, 3.05) is 25.6 Å². The normalized spacial score (nSPS) is 20.1. The molecule has 2 aromatic carbocycles. The third-order valence-electron chi connectivity index (χ3n) is 5.19. The fraction of sp³-hybridized carbons (Fsp3) is 0.333. The van der Waals surface area contributed by atoms with Crippen molar-refractivity contribution in [2.24, 2.45) is 4.99 Å². The van der Waals surface area contributed by atoms with Crippen LogP contribution in [0.4, 0.5) is 11.4 Å². The number of carboxylic acid groups (broad SMARTS) is 1. The Bertz CT molecular complexity index is 956. The number of benzene rings is 2. The molecule has 0 bridgehead atoms. The summed E-state index contributed by atoms with van der Waals surface area (Å²) in [7, 11) is 1.86. The number of ether oxygens (including phenoxy) is 2. The number of aliphatic carboxylic acids is 1. The number of anilines is 1. The standard InChI is InChI=1S/C21H23N3O4/c1-13(2)24(3)19-21(20(25)26,23-16-7-5-4-6-15(16)22-19)14-8-9-17-18(12-14)28-11-10-27-17/h4-9,12-13,23H,10-11H2,1-3H3,(H,25,26). The van der Waals surface area contributed by atoms with E-state index in [4.69, 9.17) is 14.5 Å². The molecule has 1 unspecified atom stereocenters. The van der Waals surface area contributed by atoms with Gasteiger partial charge in [0, 0.05) is 18.7 Å². The quantitative estimate of drug-likeness (QED) is 0.849. The van der Waals surface area contributed by atoms with Gasteiger partial charge in [-0.15, -0.1) is 0 Å². The zero-order chi connectivity index (χ0) is 19.9. The fourth-order valence-corrected chi connectivity index (χ4v) is 3.47. The molecule has 0 spiro atoms. The largest absolute Gasteiger partial charge is 0.486 e. The number of para-hydroxylation sites is 2. The van der Waals surface area contributed by atoms with Gasteiger partial charge in [0.25, 0.3) is 0 Å². The number of rotatable bonds is 3. The van der Waals surface area contributed by atoms with Crippen molar-refractivity contribution in [1.29, 1.82) is 0 Å². The van der Waals surface area contributed by atoms with E-state index < -0.39 is 11.5 Å². The van der Waals surface area contributed by atoms with E-state index in [1.165, 1.54) is 0 Å². The summed E-state index contributed by atoms with van der Waals surface area (Å²) in [5, 5.41) is 13.7. The number of hydrogen-bond acceptors (Lipinski definition) is 6. The lowest BCUT2D eigenvalue weighted by atomic mass is 9.85. The van der Waals surface area contributed by atoms with Crippen LogP contribution in [0.5, 0.6) is 11.5 Å². The van der Waals surface area contributed by atoms with Crippen molar-refractivity contribution >= 4 is 23.2 Å². The van der Waals surface area contributed by atoms with Gasteiger partial charge in [-0.25, -0.2) is 9.79 Å². The third-order valence-corrected chi connectivity index (χ3v) is 5.19. The van der Waals surface area contributed by atoms with Gasteiger partial charge >= 0.3 is 5.97 Å². The number of nitrogens with zero attached hydrogens (tertiary/aromatic N) is 2. The Morgan fingerprint density at radius 2 is 1.89 bits per heavy atom. The number of hydrogen-bond donors (Lipinski definition) is 2. The van der Waals surface area contributed by atoms with E-state index in [0.717, 1.165) is 0 Å². The van der Waals surface area contributed by atoms with Gasteiger partial charge in [0.05, 0.1) is 11.4 Å². The van der Waals surface area contributed by atoms with E-state index >= 15 is 0 Å². The average Bonchev–Trinajstić information content (AvgIpc) is 2.71. The Morgan fingerprint density at radius 3 is 2.61 bits per heavy atom. The molecule has 2 aliphatic heterocycles. The summed E-state index contributed by atoms with van der Waals surface area (Å²) < 4.78 is 11.3. The number of likely N-dealkylation sites (N-methyl/N-ethyl adjacent to an activating group) is 1. The molecular formula is C21H23N3O4. The molecule has 0 radical (unpaired) electrons. The summed E-state index contributed by atoms with van der Waals surface area (Å²) in [5.41, 5.74) is 0.355. The number of nitrogens with one attached hydrogen (secondary N) is 1. The van der Waals surface area contributed by atoms with E-state index in [0.29, 0.717) is 47.5 Å². The molecule has 2 heterocycles. The molecule has 7 nitrogen and oxygen atoms in total. The molecule has 1 atom stereocenters. The highest BCUT2D eigenvalue weighted by Gasteiger charge is 2.50. The predicted octanol–water partition coefficient (Wildman–Crippen LogP) is 3.23. The molecule has 0 aromatic heterocycles. The van der Waals surface area contributed by atoms with E-state index in [-0.39, 0.29) is 6.04 Å². The van der Waals surface area contributed by atoms with Gasteiger partial charge in [-0.3, -0.25) is 0 Å². The van der Waals surface area contributed by atoms with Crippen molar-refractivity contribution in [3.05, 3.63) is 48.0 Å². The minimum atomic E-state index is -1.55. The average molecular weight is 381 g/mol. The van der Waals surface area contributed by atoms with Gasteiger partial charge in [0.15, 0.2) is 11.5 Å². The first kappa shape index (κ1) is 18.2. The van der Waals surface area contributed by atoms with Crippen molar-refractivity contribution in [2.45, 2.75) is 25.4 Å². The molecule has 7 heteroatoms. The summed E-state index contributed by atoms with van der Waals surface area (Å²) in [4.78, 5) is 19.4. The maximum atomic E-state index is 12.8. The second-order valence-electron chi connectivity index (χ2n) is 7.20. The van der Waals surface area contributed by atoms with Gasteiger partial charge in [0.2, 0.25) is 5.54 Å². The molecule has 0 saturated heterocycles. The van der Waals surface area contributed by atoms with Crippen molar-refractivity contribution in [3.8, 4) is 11.5 Å². The molecule has 0 aliphatic carbocycles. The monoisotopic (exact) mass is 381 g/mol. The minimum Gasteiger partial charge on any atom is -0.486 e. The zero-order valence-corrected chi connectivity index (χ0v) is 16.1. The molecule has 28 heavy (non-hydrogen) atoms. The van der Waals surface area contributed by atoms with Gasteiger partial charge in [-0.2, -0.15) is 0 Å². The van der Waals surface area contributed by atoms with Gasteiger partial charge in [0.1, 0.15) is 19.0 Å². The fourth-order valence-electron chi connectivity index (χ4n) is 3.47. The number of aliphatic imine (C=N–C) groups is 1. The molecule has 2 N–H and O–H groups in total. The summed E-state index contributed by atoms with van der Waals surface area (Å²) in [6, 6.07) is 12.7. The maximum Gasteiger partial charge on any atom is 0.342 e. The molecule has 2 aromatic rings. The van der Waals surface area contributed by atoms with Crippen LogP contribution in [0.3, 0.4) is 0 Å². The minimum absolute atomic E-state index is 0.0572. The van der Waals surface area contributed by atoms with Crippen LogP contribution < -0.4 is 14.8 Å². The molecular weight excluding hydrogens is 358 g/mol. The van der Waals surface area contributed by atoms with Crippen LogP contribution in [-0.4, -0.2) is 48.1 Å². The number of carbonyl (C=O) groups is 1. The molecule has 2 aliphatic rings. The third kappa shape index (κ3) is 2.74. The van der Waals surface area contributed by atoms with Crippen LogP contribution in [0.25, 0.3) is 0 Å². The van der Waals surface area contributed by atoms with E-state index in [1.54, 1.807) is 18.2 Å². The highest BCUT2D eigenvalue weighted by atomic mass is 16.6. The van der Waals surface area contributed by atoms with Gasteiger partial charge < -0.3 is 24.8 Å². The second kappa shape index (κ2) is 6.74. The molecule has 0 amide bonds. The number of carboxylic acids is 1. The van der Waals surface area contributed by atoms with Crippen LogP contribution in [0.2, 0.25) is 0 Å². The highest BCUT2D eigenvalue weighted by molar-refractivity contribution is 6.15. The summed E-state index contributed by atoms with van der Waals surface area (Å²) in [5.74, 6) is 0.536. The maximum absolute atomic E-state index is 12.8. The first-order chi connectivity index (χ1) is 13.4. The van der Waals surface area contributed by atoms with Gasteiger partial charge in [-0.05, 0) is 38.1 Å². The summed E-state index contributed by atoms with van der Waals surface area (Å²) >= 11 is 0. The molecule has 0 saturated carbocycles. The highest BCUT2D eigenvalue weighted by Crippen LogP contribution is 2.42. The SMILES string of the molecule is CC(C)N(C)C1=Nc2ccccc2NC1(C(=O)O)c1ccc2c(c1)OCCO2. The Hall–Kier alpha value is -3.22. The van der Waals surface area contributed by atoms with Crippen LogP contribution in [-0.2, 0) is 10.3 Å². The predicted molar refractivity (Wildman–Crippen MR) is 107 cm³/mol. The molecule has 4 rings (SSSR count). The molecule has 146 valence electrons.